The zero-order chi connectivity index (χ0) is 22.1. The number of hydrogen-bond acceptors (Lipinski definition) is 3. The van der Waals surface area contributed by atoms with E-state index >= 15 is 0 Å². The van der Waals surface area contributed by atoms with E-state index in [0.29, 0.717) is 33.8 Å². The highest BCUT2D eigenvalue weighted by molar-refractivity contribution is 7.99. The minimum absolute atomic E-state index is 0.105. The van der Waals surface area contributed by atoms with Crippen molar-refractivity contribution in [3.63, 3.8) is 0 Å². The second-order valence-electron chi connectivity index (χ2n) is 6.71. The van der Waals surface area contributed by atoms with E-state index in [2.05, 4.69) is 5.32 Å². The van der Waals surface area contributed by atoms with Crippen LogP contribution in [-0.4, -0.2) is 35.1 Å². The van der Waals surface area contributed by atoms with Gasteiger partial charge in [0.1, 0.15) is 6.04 Å². The van der Waals surface area contributed by atoms with Gasteiger partial charge in [-0.3, -0.25) is 9.59 Å². The molecule has 0 fully saturated rings. The number of nitrogens with zero attached hydrogens (tertiary/aromatic N) is 1. The average molecular weight is 488 g/mol. The molecule has 2 aromatic rings. The van der Waals surface area contributed by atoms with Crippen LogP contribution in [0.2, 0.25) is 15.1 Å². The summed E-state index contributed by atoms with van der Waals surface area (Å²) in [6.07, 6.45) is 0.512. The van der Waals surface area contributed by atoms with Crippen LogP contribution in [0.3, 0.4) is 0 Å². The Morgan fingerprint density at radius 1 is 1.03 bits per heavy atom. The molecule has 8 heteroatoms. The molecule has 2 aromatic carbocycles. The van der Waals surface area contributed by atoms with Gasteiger partial charge >= 0.3 is 0 Å². The molecule has 0 aliphatic rings. The summed E-state index contributed by atoms with van der Waals surface area (Å²) in [6.45, 7) is 4.54. The maximum atomic E-state index is 13.1. The van der Waals surface area contributed by atoms with E-state index in [4.69, 9.17) is 34.8 Å². The summed E-state index contributed by atoms with van der Waals surface area (Å²) < 4.78 is 0. The van der Waals surface area contributed by atoms with Crippen LogP contribution in [0.15, 0.2) is 42.5 Å². The number of amides is 2. The van der Waals surface area contributed by atoms with Crippen molar-refractivity contribution in [2.24, 2.45) is 0 Å². The Labute approximate surface area is 197 Å². The lowest BCUT2D eigenvalue weighted by atomic mass is 10.1. The van der Waals surface area contributed by atoms with Gasteiger partial charge in [-0.15, -0.1) is 11.8 Å². The molecule has 0 aliphatic heterocycles. The van der Waals surface area contributed by atoms with Crippen molar-refractivity contribution in [2.75, 3.05) is 12.3 Å². The molecule has 0 saturated carbocycles. The first-order valence-corrected chi connectivity index (χ1v) is 12.0. The third kappa shape index (κ3) is 7.38. The highest BCUT2D eigenvalue weighted by Gasteiger charge is 2.28. The molecule has 0 unspecified atom stereocenters. The average Bonchev–Trinajstić information content (AvgIpc) is 2.70. The molecule has 2 rings (SSSR count). The minimum Gasteiger partial charge on any atom is -0.355 e. The fourth-order valence-corrected chi connectivity index (χ4v) is 4.40. The smallest absolute Gasteiger partial charge is 0.242 e. The summed E-state index contributed by atoms with van der Waals surface area (Å²) in [5.41, 5.74) is 1.87. The SMILES string of the molecule is CCNC(=O)[C@H](CC)N(Cc1ccc(Cl)c(Cl)c1)C(=O)CSCc1cccc(Cl)c1. The van der Waals surface area contributed by atoms with Crippen molar-refractivity contribution in [1.82, 2.24) is 10.2 Å². The maximum absolute atomic E-state index is 13.1. The molecule has 1 atom stereocenters. The van der Waals surface area contributed by atoms with Gasteiger partial charge in [0.25, 0.3) is 0 Å². The number of carbonyl (C=O) groups is 2. The third-order valence-electron chi connectivity index (χ3n) is 4.46. The molecular weight excluding hydrogens is 463 g/mol. The quantitative estimate of drug-likeness (QED) is 0.459. The highest BCUT2D eigenvalue weighted by atomic mass is 35.5. The van der Waals surface area contributed by atoms with Crippen LogP contribution in [-0.2, 0) is 21.9 Å². The number of nitrogens with one attached hydrogen (secondary N) is 1. The van der Waals surface area contributed by atoms with E-state index in [9.17, 15) is 9.59 Å². The minimum atomic E-state index is -0.557. The zero-order valence-corrected chi connectivity index (χ0v) is 20.0. The molecule has 1 N–H and O–H groups in total. The Morgan fingerprint density at radius 2 is 1.80 bits per heavy atom. The number of benzene rings is 2. The molecule has 0 spiro atoms. The van der Waals surface area contributed by atoms with Gasteiger partial charge in [0.15, 0.2) is 0 Å². The molecule has 0 radical (unpaired) electrons. The first-order valence-electron chi connectivity index (χ1n) is 9.69. The topological polar surface area (TPSA) is 49.4 Å². The number of halogens is 3. The number of carbonyl (C=O) groups excluding carboxylic acids is 2. The molecule has 0 aromatic heterocycles. The largest absolute Gasteiger partial charge is 0.355 e. The van der Waals surface area contributed by atoms with Crippen molar-refractivity contribution < 1.29 is 9.59 Å². The summed E-state index contributed by atoms with van der Waals surface area (Å²) in [5, 5.41) is 4.36. The van der Waals surface area contributed by atoms with Crippen molar-refractivity contribution in [2.45, 2.75) is 38.6 Å². The van der Waals surface area contributed by atoms with E-state index in [0.717, 1.165) is 11.1 Å². The Morgan fingerprint density at radius 3 is 2.43 bits per heavy atom. The third-order valence-corrected chi connectivity index (χ3v) is 6.42. The molecule has 2 amide bonds. The molecule has 0 bridgehead atoms. The first-order chi connectivity index (χ1) is 14.3. The summed E-state index contributed by atoms with van der Waals surface area (Å²) in [7, 11) is 0. The zero-order valence-electron chi connectivity index (χ0n) is 17.0. The van der Waals surface area contributed by atoms with Crippen molar-refractivity contribution in [3.05, 3.63) is 68.7 Å². The van der Waals surface area contributed by atoms with Crippen LogP contribution in [0.5, 0.6) is 0 Å². The maximum Gasteiger partial charge on any atom is 0.242 e. The van der Waals surface area contributed by atoms with Crippen LogP contribution in [0, 0.1) is 0 Å². The monoisotopic (exact) mass is 486 g/mol. The van der Waals surface area contributed by atoms with Gasteiger partial charge < -0.3 is 10.2 Å². The van der Waals surface area contributed by atoms with Crippen molar-refractivity contribution >= 4 is 58.4 Å². The number of thioether (sulfide) groups is 1. The van der Waals surface area contributed by atoms with Gasteiger partial charge in [-0.05, 0) is 48.7 Å². The lowest BCUT2D eigenvalue weighted by Gasteiger charge is -2.30. The van der Waals surface area contributed by atoms with Crippen LogP contribution in [0.25, 0.3) is 0 Å². The van der Waals surface area contributed by atoms with E-state index in [-0.39, 0.29) is 24.1 Å². The molecule has 30 heavy (non-hydrogen) atoms. The van der Waals surface area contributed by atoms with Crippen LogP contribution < -0.4 is 5.32 Å². The second kappa shape index (κ2) is 12.5. The summed E-state index contributed by atoms with van der Waals surface area (Å²) >= 11 is 19.7. The Hall–Kier alpha value is -1.40. The standard InChI is InChI=1S/C22H25Cl3N2O2S/c1-3-20(22(29)26-4-2)27(12-15-8-9-18(24)19(25)11-15)21(28)14-30-13-16-6-5-7-17(23)10-16/h5-11,20H,3-4,12-14H2,1-2H3,(H,26,29)/t20-/m0/s1. The predicted molar refractivity (Wildman–Crippen MR) is 127 cm³/mol. The van der Waals surface area contributed by atoms with Gasteiger partial charge in [0.05, 0.1) is 15.8 Å². The molecule has 0 aliphatic carbocycles. The Balaban J connectivity index is 2.14. The van der Waals surface area contributed by atoms with Crippen LogP contribution in [0.1, 0.15) is 31.4 Å². The molecular formula is C22H25Cl3N2O2S. The Kier molecular flexibility index (Phi) is 10.3. The molecule has 4 nitrogen and oxygen atoms in total. The van der Waals surface area contributed by atoms with E-state index < -0.39 is 6.04 Å². The van der Waals surface area contributed by atoms with E-state index in [1.807, 2.05) is 44.2 Å². The lowest BCUT2D eigenvalue weighted by Crippen LogP contribution is -2.49. The lowest BCUT2D eigenvalue weighted by molar-refractivity contribution is -0.139. The number of hydrogen-bond donors (Lipinski definition) is 1. The van der Waals surface area contributed by atoms with E-state index in [1.54, 1.807) is 17.0 Å². The number of rotatable bonds is 10. The normalized spacial score (nSPS) is 11.8. The van der Waals surface area contributed by atoms with Crippen molar-refractivity contribution in [1.29, 1.82) is 0 Å². The number of likely N-dealkylation sites (N-methyl/N-ethyl adjacent to an activating group) is 1. The van der Waals surface area contributed by atoms with Gasteiger partial charge in [0, 0.05) is 23.9 Å². The molecule has 0 saturated heterocycles. The Bertz CT molecular complexity index is 879. The first kappa shape index (κ1) is 24.9. The summed E-state index contributed by atoms with van der Waals surface area (Å²) in [6, 6.07) is 12.3. The van der Waals surface area contributed by atoms with Gasteiger partial charge in [-0.1, -0.05) is 59.9 Å². The van der Waals surface area contributed by atoms with Gasteiger partial charge in [0.2, 0.25) is 11.8 Å². The van der Waals surface area contributed by atoms with Gasteiger partial charge in [-0.2, -0.15) is 0 Å². The van der Waals surface area contributed by atoms with Crippen LogP contribution >= 0.6 is 46.6 Å². The summed E-state index contributed by atoms with van der Waals surface area (Å²) in [5.74, 6) is 0.647. The molecule has 162 valence electrons. The fourth-order valence-electron chi connectivity index (χ4n) is 3.01. The van der Waals surface area contributed by atoms with E-state index in [1.165, 1.54) is 11.8 Å². The van der Waals surface area contributed by atoms with Crippen molar-refractivity contribution in [3.8, 4) is 0 Å². The van der Waals surface area contributed by atoms with Crippen LogP contribution in [0.4, 0.5) is 0 Å². The van der Waals surface area contributed by atoms with Gasteiger partial charge in [-0.25, -0.2) is 0 Å². The molecule has 0 heterocycles. The summed E-state index contributed by atoms with van der Waals surface area (Å²) in [4.78, 5) is 27.3. The predicted octanol–water partition coefficient (Wildman–Crippen LogP) is 5.82. The fraction of sp³-hybridized carbons (Fsp3) is 0.364. The highest BCUT2D eigenvalue weighted by Crippen LogP contribution is 2.25. The second-order valence-corrected chi connectivity index (χ2v) is 8.95.